The number of nitrogens with two attached hydrogens (primary N) is 2. The topological polar surface area (TPSA) is 132 Å². The maximum absolute atomic E-state index is 15.0. The Morgan fingerprint density at radius 3 is 2.56 bits per heavy atom. The number of hydrogen-bond donors (Lipinski definition) is 3. The lowest BCUT2D eigenvalue weighted by atomic mass is 10.0. The minimum absolute atomic E-state index is 0.0246. The molecule has 0 fully saturated rings. The molecular weight excluding hydrogens is 469 g/mol. The van der Waals surface area contributed by atoms with Crippen LogP contribution in [0.5, 0.6) is 0 Å². The number of aryl methyl sites for hydroxylation is 1. The maximum Gasteiger partial charge on any atom is 0.173 e. The molecule has 0 atom stereocenters. The van der Waals surface area contributed by atoms with E-state index in [2.05, 4.69) is 15.0 Å². The first-order valence-electron chi connectivity index (χ1n) is 10.9. The standard InChI is InChI=1S/C25H19F3N8/c1-2-19-35-22-14(24(30)34-11-29)9-12(13-5-7-33-25(31)21(13)28)10-18(22)36(19)17-6-8-32-23-16(27)4-3-15(26)20(17)23/h3-11H,2H2,1H3,(H2,31,33)(H3,29,30,34). The molecule has 0 spiro atoms. The fraction of sp³-hybridized carbons (Fsp3) is 0.0800. The molecule has 36 heavy (non-hydrogen) atoms. The van der Waals surface area contributed by atoms with Crippen LogP contribution in [-0.2, 0) is 6.42 Å². The molecule has 3 aromatic heterocycles. The Hall–Kier alpha value is -4.80. The molecule has 5 aromatic rings. The minimum Gasteiger partial charge on any atom is -0.383 e. The van der Waals surface area contributed by atoms with Gasteiger partial charge in [0, 0.05) is 29.9 Å². The molecule has 0 aliphatic carbocycles. The molecule has 5 rings (SSSR count). The normalized spacial score (nSPS) is 11.9. The summed E-state index contributed by atoms with van der Waals surface area (Å²) < 4.78 is 46.2. The van der Waals surface area contributed by atoms with Crippen LogP contribution >= 0.6 is 0 Å². The molecule has 0 saturated carbocycles. The summed E-state index contributed by atoms with van der Waals surface area (Å²) >= 11 is 0. The lowest BCUT2D eigenvalue weighted by Crippen LogP contribution is -2.14. The quantitative estimate of drug-likeness (QED) is 0.247. The van der Waals surface area contributed by atoms with Crippen molar-refractivity contribution in [3.63, 3.8) is 0 Å². The Kier molecular flexibility index (Phi) is 5.59. The van der Waals surface area contributed by atoms with Crippen molar-refractivity contribution in [3.05, 3.63) is 77.6 Å². The van der Waals surface area contributed by atoms with Crippen molar-refractivity contribution in [1.29, 1.82) is 5.41 Å². The van der Waals surface area contributed by atoms with Gasteiger partial charge in [0.2, 0.25) is 0 Å². The molecular formula is C25H19F3N8. The summed E-state index contributed by atoms with van der Waals surface area (Å²) in [5.41, 5.74) is 13.7. The van der Waals surface area contributed by atoms with Crippen LogP contribution in [0, 0.1) is 22.9 Å². The fourth-order valence-corrected chi connectivity index (χ4v) is 4.27. The van der Waals surface area contributed by atoms with E-state index in [0.717, 1.165) is 18.5 Å². The third kappa shape index (κ3) is 3.52. The number of nitrogens with zero attached hydrogens (tertiary/aromatic N) is 5. The predicted molar refractivity (Wildman–Crippen MR) is 133 cm³/mol. The fourth-order valence-electron chi connectivity index (χ4n) is 4.27. The van der Waals surface area contributed by atoms with E-state index in [1.165, 1.54) is 18.5 Å². The van der Waals surface area contributed by atoms with Gasteiger partial charge >= 0.3 is 0 Å². The number of aliphatic imine (C=N–C) groups is 1. The van der Waals surface area contributed by atoms with Gasteiger partial charge in [-0.05, 0) is 42.0 Å². The Labute approximate surface area is 202 Å². The van der Waals surface area contributed by atoms with Crippen molar-refractivity contribution >= 4 is 39.9 Å². The van der Waals surface area contributed by atoms with Crippen molar-refractivity contribution in [1.82, 2.24) is 19.5 Å². The van der Waals surface area contributed by atoms with Crippen LogP contribution in [0.2, 0.25) is 0 Å². The van der Waals surface area contributed by atoms with Crippen LogP contribution in [0.15, 0.2) is 53.8 Å². The summed E-state index contributed by atoms with van der Waals surface area (Å²) in [5, 5.41) is 7.31. The molecule has 0 bridgehead atoms. The number of aromatic nitrogens is 4. The number of hydrogen-bond acceptors (Lipinski definition) is 5. The van der Waals surface area contributed by atoms with Crippen molar-refractivity contribution in [2.75, 3.05) is 5.73 Å². The number of imidazole rings is 1. The van der Waals surface area contributed by atoms with Crippen LogP contribution in [-0.4, -0.2) is 31.7 Å². The second-order valence-electron chi connectivity index (χ2n) is 7.89. The lowest BCUT2D eigenvalue weighted by molar-refractivity contribution is 0.614. The summed E-state index contributed by atoms with van der Waals surface area (Å²) in [6.45, 7) is 1.86. The van der Waals surface area contributed by atoms with Crippen molar-refractivity contribution in [3.8, 4) is 16.8 Å². The van der Waals surface area contributed by atoms with Crippen LogP contribution in [0.25, 0.3) is 38.8 Å². The van der Waals surface area contributed by atoms with E-state index < -0.39 is 17.5 Å². The van der Waals surface area contributed by atoms with Crippen LogP contribution in [0.3, 0.4) is 0 Å². The van der Waals surface area contributed by atoms with Gasteiger partial charge in [-0.2, -0.15) is 0 Å². The second-order valence-corrected chi connectivity index (χ2v) is 7.89. The molecule has 0 saturated heterocycles. The van der Waals surface area contributed by atoms with Gasteiger partial charge in [0.15, 0.2) is 11.6 Å². The van der Waals surface area contributed by atoms with Crippen molar-refractivity contribution < 1.29 is 13.2 Å². The molecule has 0 amide bonds. The Morgan fingerprint density at radius 1 is 1.06 bits per heavy atom. The molecule has 11 heteroatoms. The predicted octanol–water partition coefficient (Wildman–Crippen LogP) is 4.51. The Bertz CT molecular complexity index is 1710. The van der Waals surface area contributed by atoms with E-state index in [1.807, 2.05) is 6.92 Å². The molecule has 180 valence electrons. The average Bonchev–Trinajstić information content (AvgIpc) is 3.25. The van der Waals surface area contributed by atoms with E-state index in [0.29, 0.717) is 40.1 Å². The smallest absolute Gasteiger partial charge is 0.173 e. The summed E-state index contributed by atoms with van der Waals surface area (Å²) in [7, 11) is 0. The van der Waals surface area contributed by atoms with Crippen LogP contribution < -0.4 is 11.5 Å². The molecule has 8 nitrogen and oxygen atoms in total. The largest absolute Gasteiger partial charge is 0.383 e. The van der Waals surface area contributed by atoms with Gasteiger partial charge in [0.1, 0.15) is 40.7 Å². The highest BCUT2D eigenvalue weighted by molar-refractivity contribution is 6.11. The zero-order valence-electron chi connectivity index (χ0n) is 18.9. The van der Waals surface area contributed by atoms with Gasteiger partial charge in [-0.25, -0.2) is 28.1 Å². The number of nitrogen functional groups attached to an aromatic ring is 1. The number of nitrogens with one attached hydrogen (secondary N) is 1. The van der Waals surface area contributed by atoms with E-state index >= 15 is 4.39 Å². The molecule has 0 radical (unpaired) electrons. The molecule has 0 aliphatic heterocycles. The van der Waals surface area contributed by atoms with Crippen molar-refractivity contribution in [2.24, 2.45) is 10.7 Å². The summed E-state index contributed by atoms with van der Waals surface area (Å²) in [6, 6.07) is 8.31. The van der Waals surface area contributed by atoms with Crippen LogP contribution in [0.4, 0.5) is 19.0 Å². The number of benzene rings is 2. The van der Waals surface area contributed by atoms with Crippen LogP contribution in [0.1, 0.15) is 18.3 Å². The van der Waals surface area contributed by atoms with Gasteiger partial charge < -0.3 is 11.5 Å². The van der Waals surface area contributed by atoms with Gasteiger partial charge in [-0.1, -0.05) is 6.92 Å². The van der Waals surface area contributed by atoms with E-state index in [-0.39, 0.29) is 28.1 Å². The van der Waals surface area contributed by atoms with Gasteiger partial charge in [-0.3, -0.25) is 15.0 Å². The summed E-state index contributed by atoms with van der Waals surface area (Å²) in [5.74, 6) is -1.85. The molecule has 5 N–H and O–H groups in total. The van der Waals surface area contributed by atoms with Gasteiger partial charge in [0.25, 0.3) is 0 Å². The highest BCUT2D eigenvalue weighted by atomic mass is 19.1. The third-order valence-corrected chi connectivity index (χ3v) is 5.86. The molecule has 0 unspecified atom stereocenters. The third-order valence-electron chi connectivity index (χ3n) is 5.86. The van der Waals surface area contributed by atoms with Crippen molar-refractivity contribution in [2.45, 2.75) is 13.3 Å². The second kappa shape index (κ2) is 8.77. The van der Waals surface area contributed by atoms with Gasteiger partial charge in [-0.15, -0.1) is 0 Å². The maximum atomic E-state index is 15.0. The number of anilines is 1. The first-order chi connectivity index (χ1) is 17.3. The number of halogens is 3. The number of rotatable bonds is 5. The number of fused-ring (bicyclic) bond motifs is 2. The highest BCUT2D eigenvalue weighted by Gasteiger charge is 2.22. The first kappa shape index (κ1) is 23.0. The van der Waals surface area contributed by atoms with E-state index in [4.69, 9.17) is 21.9 Å². The molecule has 3 heterocycles. The first-order valence-corrected chi connectivity index (χ1v) is 10.9. The highest BCUT2D eigenvalue weighted by Crippen LogP contribution is 2.35. The van der Waals surface area contributed by atoms with E-state index in [1.54, 1.807) is 22.8 Å². The molecule has 0 aliphatic rings. The SMILES string of the molecule is CCc1nc2c(C(N)=NC=N)cc(-c3ccnc(N)c3F)cc2n1-c1ccnc2c(F)ccc(F)c12. The number of pyridine rings is 2. The summed E-state index contributed by atoms with van der Waals surface area (Å²) in [6.07, 6.45) is 3.95. The average molecular weight is 488 g/mol. The van der Waals surface area contributed by atoms with E-state index in [9.17, 15) is 8.78 Å². The summed E-state index contributed by atoms with van der Waals surface area (Å²) in [4.78, 5) is 16.4. The Morgan fingerprint density at radius 2 is 1.81 bits per heavy atom. The molecule has 2 aromatic carbocycles. The van der Waals surface area contributed by atoms with Gasteiger partial charge in [0.05, 0.1) is 16.6 Å². The zero-order valence-corrected chi connectivity index (χ0v) is 18.9. The number of amidine groups is 1. The Balaban J connectivity index is 1.95. The minimum atomic E-state index is -0.727. The monoisotopic (exact) mass is 488 g/mol. The lowest BCUT2D eigenvalue weighted by Gasteiger charge is -2.14. The zero-order chi connectivity index (χ0) is 25.6.